The SMILES string of the molecule is CN(C)S(=O)(=O)c1cccc(NCc2ccccc2Br)c1. The van der Waals surface area contributed by atoms with Gasteiger partial charge in [-0.15, -0.1) is 0 Å². The molecule has 0 aromatic heterocycles. The first-order valence-corrected chi connectivity index (χ1v) is 8.64. The van der Waals surface area contributed by atoms with Gasteiger partial charge in [0.25, 0.3) is 0 Å². The quantitative estimate of drug-likeness (QED) is 0.880. The van der Waals surface area contributed by atoms with Gasteiger partial charge in [0.2, 0.25) is 10.0 Å². The summed E-state index contributed by atoms with van der Waals surface area (Å²) in [5.74, 6) is 0. The lowest BCUT2D eigenvalue weighted by atomic mass is 10.2. The molecule has 0 aliphatic heterocycles. The number of nitrogens with zero attached hydrogens (tertiary/aromatic N) is 1. The van der Waals surface area contributed by atoms with Crippen molar-refractivity contribution >= 4 is 31.6 Å². The van der Waals surface area contributed by atoms with Crippen LogP contribution in [0.1, 0.15) is 5.56 Å². The number of sulfonamides is 1. The van der Waals surface area contributed by atoms with Gasteiger partial charge < -0.3 is 5.32 Å². The molecule has 0 fully saturated rings. The Labute approximate surface area is 134 Å². The second kappa shape index (κ2) is 6.60. The Morgan fingerprint density at radius 3 is 2.48 bits per heavy atom. The van der Waals surface area contributed by atoms with Gasteiger partial charge in [-0.25, -0.2) is 12.7 Å². The van der Waals surface area contributed by atoms with Gasteiger partial charge in [-0.2, -0.15) is 0 Å². The standard InChI is InChI=1S/C15H17BrN2O2S/c1-18(2)21(19,20)14-8-5-7-13(10-14)17-11-12-6-3-4-9-15(12)16/h3-10,17H,11H2,1-2H3. The van der Waals surface area contributed by atoms with Gasteiger partial charge in [-0.1, -0.05) is 40.2 Å². The zero-order valence-corrected chi connectivity index (χ0v) is 14.3. The number of benzene rings is 2. The van der Waals surface area contributed by atoms with Crippen LogP contribution in [0, 0.1) is 0 Å². The molecule has 0 bridgehead atoms. The van der Waals surface area contributed by atoms with E-state index in [0.29, 0.717) is 6.54 Å². The van der Waals surface area contributed by atoms with Gasteiger partial charge in [0, 0.05) is 30.8 Å². The highest BCUT2D eigenvalue weighted by atomic mass is 79.9. The normalized spacial score (nSPS) is 11.6. The molecule has 0 aliphatic rings. The van der Waals surface area contributed by atoms with Crippen molar-refractivity contribution in [3.63, 3.8) is 0 Å². The maximum absolute atomic E-state index is 12.1. The predicted octanol–water partition coefficient (Wildman–Crippen LogP) is 3.31. The third-order valence-corrected chi connectivity index (χ3v) is 5.64. The van der Waals surface area contributed by atoms with E-state index in [2.05, 4.69) is 21.2 Å². The van der Waals surface area contributed by atoms with Crippen LogP contribution >= 0.6 is 15.9 Å². The minimum atomic E-state index is -3.41. The molecule has 0 spiro atoms. The monoisotopic (exact) mass is 368 g/mol. The van der Waals surface area contributed by atoms with Crippen molar-refractivity contribution < 1.29 is 8.42 Å². The number of hydrogen-bond donors (Lipinski definition) is 1. The number of rotatable bonds is 5. The highest BCUT2D eigenvalue weighted by Gasteiger charge is 2.17. The van der Waals surface area contributed by atoms with Gasteiger partial charge in [0.05, 0.1) is 4.90 Å². The van der Waals surface area contributed by atoms with Crippen molar-refractivity contribution in [2.24, 2.45) is 0 Å². The Morgan fingerprint density at radius 2 is 1.81 bits per heavy atom. The summed E-state index contributed by atoms with van der Waals surface area (Å²) in [6.07, 6.45) is 0. The van der Waals surface area contributed by atoms with E-state index in [-0.39, 0.29) is 4.90 Å². The van der Waals surface area contributed by atoms with E-state index >= 15 is 0 Å². The second-order valence-corrected chi connectivity index (χ2v) is 7.77. The molecule has 0 heterocycles. The van der Waals surface area contributed by atoms with Crippen LogP contribution in [-0.2, 0) is 16.6 Å². The highest BCUT2D eigenvalue weighted by Crippen LogP contribution is 2.20. The van der Waals surface area contributed by atoms with Crippen LogP contribution in [0.3, 0.4) is 0 Å². The minimum Gasteiger partial charge on any atom is -0.381 e. The number of nitrogens with one attached hydrogen (secondary N) is 1. The van der Waals surface area contributed by atoms with Crippen molar-refractivity contribution in [3.05, 3.63) is 58.6 Å². The van der Waals surface area contributed by atoms with Gasteiger partial charge in [-0.3, -0.25) is 0 Å². The molecule has 0 aliphatic carbocycles. The van der Waals surface area contributed by atoms with Gasteiger partial charge >= 0.3 is 0 Å². The van der Waals surface area contributed by atoms with E-state index in [1.54, 1.807) is 18.2 Å². The number of anilines is 1. The molecule has 21 heavy (non-hydrogen) atoms. The molecule has 0 saturated heterocycles. The first kappa shape index (κ1) is 16.0. The first-order valence-electron chi connectivity index (χ1n) is 6.41. The highest BCUT2D eigenvalue weighted by molar-refractivity contribution is 9.10. The van der Waals surface area contributed by atoms with Crippen LogP contribution < -0.4 is 5.32 Å². The van der Waals surface area contributed by atoms with Crippen molar-refractivity contribution in [2.75, 3.05) is 19.4 Å². The van der Waals surface area contributed by atoms with Gasteiger partial charge in [-0.05, 0) is 29.8 Å². The van der Waals surface area contributed by atoms with E-state index < -0.39 is 10.0 Å². The molecule has 0 unspecified atom stereocenters. The zero-order valence-electron chi connectivity index (χ0n) is 11.9. The number of halogens is 1. The average molecular weight is 369 g/mol. The Hall–Kier alpha value is -1.37. The molecular weight excluding hydrogens is 352 g/mol. The maximum atomic E-state index is 12.1. The van der Waals surface area contributed by atoms with Crippen LogP contribution in [0.25, 0.3) is 0 Å². The molecule has 1 N–H and O–H groups in total. The second-order valence-electron chi connectivity index (χ2n) is 4.76. The number of hydrogen-bond acceptors (Lipinski definition) is 3. The molecule has 6 heteroatoms. The van der Waals surface area contributed by atoms with Crippen LogP contribution in [0.15, 0.2) is 57.9 Å². The average Bonchev–Trinajstić information content (AvgIpc) is 2.46. The molecule has 0 amide bonds. The molecular formula is C15H17BrN2O2S. The lowest BCUT2D eigenvalue weighted by Crippen LogP contribution is -2.22. The summed E-state index contributed by atoms with van der Waals surface area (Å²) < 4.78 is 26.4. The summed E-state index contributed by atoms with van der Waals surface area (Å²) in [6.45, 7) is 0.618. The molecule has 4 nitrogen and oxygen atoms in total. The van der Waals surface area contributed by atoms with Gasteiger partial charge in [0.1, 0.15) is 0 Å². The summed E-state index contributed by atoms with van der Waals surface area (Å²) in [5, 5.41) is 3.24. The summed E-state index contributed by atoms with van der Waals surface area (Å²) in [7, 11) is -0.358. The fourth-order valence-corrected chi connectivity index (χ4v) is 3.19. The smallest absolute Gasteiger partial charge is 0.242 e. The van der Waals surface area contributed by atoms with Crippen LogP contribution in [0.2, 0.25) is 0 Å². The molecule has 2 aromatic rings. The van der Waals surface area contributed by atoms with Crippen LogP contribution in [0.5, 0.6) is 0 Å². The predicted molar refractivity (Wildman–Crippen MR) is 88.8 cm³/mol. The van der Waals surface area contributed by atoms with Crippen LogP contribution in [0.4, 0.5) is 5.69 Å². The summed E-state index contributed by atoms with van der Waals surface area (Å²) in [5.41, 5.74) is 1.88. The topological polar surface area (TPSA) is 49.4 Å². The Bertz CT molecular complexity index is 730. The minimum absolute atomic E-state index is 0.282. The molecule has 0 atom stereocenters. The van der Waals surface area contributed by atoms with Crippen molar-refractivity contribution in [2.45, 2.75) is 11.4 Å². The molecule has 112 valence electrons. The zero-order chi connectivity index (χ0) is 15.5. The molecule has 0 radical (unpaired) electrons. The third-order valence-electron chi connectivity index (χ3n) is 3.05. The van der Waals surface area contributed by atoms with Gasteiger partial charge in [0.15, 0.2) is 0 Å². The van der Waals surface area contributed by atoms with Crippen molar-refractivity contribution in [3.8, 4) is 0 Å². The van der Waals surface area contributed by atoms with Crippen LogP contribution in [-0.4, -0.2) is 26.8 Å². The Balaban J connectivity index is 2.18. The van der Waals surface area contributed by atoms with E-state index in [1.807, 2.05) is 30.3 Å². The molecule has 2 rings (SSSR count). The summed E-state index contributed by atoms with van der Waals surface area (Å²) in [6, 6.07) is 14.7. The third kappa shape index (κ3) is 3.84. The Morgan fingerprint density at radius 1 is 1.10 bits per heavy atom. The first-order chi connectivity index (χ1) is 9.91. The van der Waals surface area contributed by atoms with E-state index in [4.69, 9.17) is 0 Å². The summed E-state index contributed by atoms with van der Waals surface area (Å²) >= 11 is 3.49. The molecule has 2 aromatic carbocycles. The van der Waals surface area contributed by atoms with E-state index in [1.165, 1.54) is 18.4 Å². The molecule has 0 saturated carbocycles. The van der Waals surface area contributed by atoms with Crippen molar-refractivity contribution in [1.82, 2.24) is 4.31 Å². The van der Waals surface area contributed by atoms with E-state index in [9.17, 15) is 8.42 Å². The Kier molecular flexibility index (Phi) is 5.03. The lowest BCUT2D eigenvalue weighted by molar-refractivity contribution is 0.521. The fraction of sp³-hybridized carbons (Fsp3) is 0.200. The van der Waals surface area contributed by atoms with Crippen molar-refractivity contribution in [1.29, 1.82) is 0 Å². The van der Waals surface area contributed by atoms with E-state index in [0.717, 1.165) is 15.7 Å². The largest absolute Gasteiger partial charge is 0.381 e. The maximum Gasteiger partial charge on any atom is 0.242 e. The fourth-order valence-electron chi connectivity index (χ4n) is 1.82. The lowest BCUT2D eigenvalue weighted by Gasteiger charge is -2.13. The summed E-state index contributed by atoms with van der Waals surface area (Å²) in [4.78, 5) is 0.282.